The monoisotopic (exact) mass is 274 g/mol. The van der Waals surface area contributed by atoms with Crippen molar-refractivity contribution in [1.29, 1.82) is 0 Å². The second kappa shape index (κ2) is 7.31. The molecule has 1 atom stereocenters. The maximum Gasteiger partial charge on any atom is 0.328 e. The van der Waals surface area contributed by atoms with Crippen LogP contribution in [0.25, 0.3) is 0 Å². The lowest BCUT2D eigenvalue weighted by atomic mass is 10.0. The summed E-state index contributed by atoms with van der Waals surface area (Å²) < 4.78 is 4.57. The Bertz CT molecular complexity index is 570. The number of rotatable bonds is 3. The lowest BCUT2D eigenvalue weighted by Gasteiger charge is -2.13. The van der Waals surface area contributed by atoms with E-state index in [0.717, 1.165) is 11.1 Å². The zero-order valence-electron chi connectivity index (χ0n) is 11.8. The molecule has 0 aliphatic heterocycles. The number of nitrogens with two attached hydrogens (primary N) is 1. The minimum Gasteiger partial charge on any atom is -0.467 e. The third kappa shape index (κ3) is 3.84. The molecule has 5 nitrogen and oxygen atoms in total. The van der Waals surface area contributed by atoms with E-state index in [4.69, 9.17) is 5.73 Å². The van der Waals surface area contributed by atoms with Gasteiger partial charge in [0, 0.05) is 11.1 Å². The number of nitrogens with one attached hydrogen (secondary N) is 1. The van der Waals surface area contributed by atoms with Crippen molar-refractivity contribution in [3.05, 3.63) is 34.9 Å². The highest BCUT2D eigenvalue weighted by molar-refractivity contribution is 5.98. The molecule has 1 aromatic carbocycles. The van der Waals surface area contributed by atoms with E-state index in [0.29, 0.717) is 5.56 Å². The van der Waals surface area contributed by atoms with Crippen LogP contribution in [0.5, 0.6) is 0 Å². The van der Waals surface area contributed by atoms with Crippen molar-refractivity contribution in [1.82, 2.24) is 5.32 Å². The van der Waals surface area contributed by atoms with Crippen LogP contribution in [0.1, 0.15) is 28.4 Å². The van der Waals surface area contributed by atoms with Gasteiger partial charge >= 0.3 is 5.97 Å². The molecule has 106 valence electrons. The minimum absolute atomic E-state index is 0.259. The van der Waals surface area contributed by atoms with E-state index in [1.165, 1.54) is 7.11 Å². The number of benzene rings is 1. The predicted molar refractivity (Wildman–Crippen MR) is 76.1 cm³/mol. The first-order valence-corrected chi connectivity index (χ1v) is 6.18. The number of esters is 1. The van der Waals surface area contributed by atoms with Gasteiger partial charge in [-0.05, 0) is 31.5 Å². The first-order valence-electron chi connectivity index (χ1n) is 6.18. The van der Waals surface area contributed by atoms with Crippen LogP contribution in [0.4, 0.5) is 0 Å². The van der Waals surface area contributed by atoms with Crippen molar-refractivity contribution in [3.63, 3.8) is 0 Å². The van der Waals surface area contributed by atoms with E-state index in [9.17, 15) is 9.59 Å². The van der Waals surface area contributed by atoms with Crippen LogP contribution in [-0.4, -0.2) is 31.6 Å². The number of carbonyl (C=O) groups is 2. The summed E-state index contributed by atoms with van der Waals surface area (Å²) in [6, 6.07) is 4.54. The smallest absolute Gasteiger partial charge is 0.328 e. The number of methoxy groups -OCH3 is 1. The molecule has 0 aromatic heterocycles. The van der Waals surface area contributed by atoms with Gasteiger partial charge in [-0.25, -0.2) is 4.79 Å². The molecule has 0 heterocycles. The fraction of sp³-hybridized carbons (Fsp3) is 0.333. The van der Waals surface area contributed by atoms with E-state index in [1.54, 1.807) is 26.0 Å². The normalized spacial score (nSPS) is 11.0. The third-order valence-electron chi connectivity index (χ3n) is 2.81. The Balaban J connectivity index is 2.97. The van der Waals surface area contributed by atoms with Crippen LogP contribution < -0.4 is 11.1 Å². The van der Waals surface area contributed by atoms with E-state index >= 15 is 0 Å². The Morgan fingerprint density at radius 3 is 2.75 bits per heavy atom. The molecule has 20 heavy (non-hydrogen) atoms. The molecule has 1 unspecified atom stereocenters. The van der Waals surface area contributed by atoms with Crippen molar-refractivity contribution in [2.75, 3.05) is 13.7 Å². The van der Waals surface area contributed by atoms with Gasteiger partial charge in [0.2, 0.25) is 0 Å². The van der Waals surface area contributed by atoms with Crippen LogP contribution >= 0.6 is 0 Å². The molecule has 0 fully saturated rings. The topological polar surface area (TPSA) is 81.4 Å². The Hall–Kier alpha value is -2.32. The van der Waals surface area contributed by atoms with Gasteiger partial charge in [0.25, 0.3) is 5.91 Å². The molecule has 1 aromatic rings. The van der Waals surface area contributed by atoms with Crippen LogP contribution in [-0.2, 0) is 9.53 Å². The fourth-order valence-corrected chi connectivity index (χ4v) is 1.67. The Morgan fingerprint density at radius 2 is 2.15 bits per heavy atom. The molecule has 0 saturated carbocycles. The summed E-state index contributed by atoms with van der Waals surface area (Å²) in [5.41, 5.74) is 7.31. The highest BCUT2D eigenvalue weighted by atomic mass is 16.5. The van der Waals surface area contributed by atoms with Crippen LogP contribution in [0.15, 0.2) is 18.2 Å². The second-order valence-corrected chi connectivity index (χ2v) is 4.20. The molecule has 1 rings (SSSR count). The van der Waals surface area contributed by atoms with Gasteiger partial charge in [0.05, 0.1) is 13.7 Å². The summed E-state index contributed by atoms with van der Waals surface area (Å²) in [5.74, 6) is 4.83. The quantitative estimate of drug-likeness (QED) is 0.624. The van der Waals surface area contributed by atoms with Gasteiger partial charge in [-0.3, -0.25) is 4.79 Å². The largest absolute Gasteiger partial charge is 0.467 e. The van der Waals surface area contributed by atoms with E-state index in [2.05, 4.69) is 21.9 Å². The molecule has 3 N–H and O–H groups in total. The fourth-order valence-electron chi connectivity index (χ4n) is 1.67. The Labute approximate surface area is 118 Å². The molecule has 0 bridgehead atoms. The molecule has 0 aliphatic carbocycles. The number of hydrogen-bond acceptors (Lipinski definition) is 4. The lowest BCUT2D eigenvalue weighted by Crippen LogP contribution is -2.39. The van der Waals surface area contributed by atoms with E-state index in [1.807, 2.05) is 6.07 Å². The molecule has 5 heteroatoms. The summed E-state index contributed by atoms with van der Waals surface area (Å²) in [7, 11) is 1.28. The summed E-state index contributed by atoms with van der Waals surface area (Å²) in [6.45, 7) is 3.63. The van der Waals surface area contributed by atoms with Gasteiger partial charge in [0.15, 0.2) is 0 Å². The standard InChI is InChI=1S/C15H18N2O3/c1-10-12(7-5-9-16)6-4-8-13(10)14(18)17-11(2)15(19)20-3/h4,6,8,11H,9,16H2,1-3H3,(H,17,18). The van der Waals surface area contributed by atoms with Crippen molar-refractivity contribution in [3.8, 4) is 11.8 Å². The SMILES string of the molecule is COC(=O)C(C)NC(=O)c1cccc(C#CCN)c1C. The summed E-state index contributed by atoms with van der Waals surface area (Å²) in [5, 5.41) is 2.58. The highest BCUT2D eigenvalue weighted by Crippen LogP contribution is 2.13. The average Bonchev–Trinajstić information content (AvgIpc) is 2.45. The Kier molecular flexibility index (Phi) is 5.75. The van der Waals surface area contributed by atoms with Gasteiger partial charge in [-0.2, -0.15) is 0 Å². The molecule has 0 radical (unpaired) electrons. The molecular formula is C15H18N2O3. The summed E-state index contributed by atoms with van der Waals surface area (Å²) >= 11 is 0. The van der Waals surface area contributed by atoms with Crippen LogP contribution in [0.3, 0.4) is 0 Å². The summed E-state index contributed by atoms with van der Waals surface area (Å²) in [4.78, 5) is 23.4. The number of amides is 1. The summed E-state index contributed by atoms with van der Waals surface area (Å²) in [6.07, 6.45) is 0. The molecular weight excluding hydrogens is 256 g/mol. The number of hydrogen-bond donors (Lipinski definition) is 2. The zero-order valence-corrected chi connectivity index (χ0v) is 11.8. The molecule has 0 saturated heterocycles. The lowest BCUT2D eigenvalue weighted by molar-refractivity contribution is -0.142. The molecule has 1 amide bonds. The minimum atomic E-state index is -0.703. The van der Waals surface area contributed by atoms with Crippen LogP contribution in [0.2, 0.25) is 0 Å². The van der Waals surface area contributed by atoms with Crippen molar-refractivity contribution in [2.45, 2.75) is 19.9 Å². The second-order valence-electron chi connectivity index (χ2n) is 4.20. The van der Waals surface area contributed by atoms with Crippen molar-refractivity contribution >= 4 is 11.9 Å². The van der Waals surface area contributed by atoms with E-state index in [-0.39, 0.29) is 12.5 Å². The Morgan fingerprint density at radius 1 is 1.45 bits per heavy atom. The van der Waals surface area contributed by atoms with Crippen molar-refractivity contribution < 1.29 is 14.3 Å². The highest BCUT2D eigenvalue weighted by Gasteiger charge is 2.18. The number of ether oxygens (including phenoxy) is 1. The molecule has 0 aliphatic rings. The first kappa shape index (κ1) is 15.7. The predicted octanol–water partition coefficient (Wildman–Crippen LogP) is 0.597. The van der Waals surface area contributed by atoms with Crippen molar-refractivity contribution in [2.24, 2.45) is 5.73 Å². The van der Waals surface area contributed by atoms with E-state index < -0.39 is 12.0 Å². The zero-order chi connectivity index (χ0) is 15.1. The third-order valence-corrected chi connectivity index (χ3v) is 2.81. The number of carbonyl (C=O) groups excluding carboxylic acids is 2. The van der Waals surface area contributed by atoms with Gasteiger partial charge in [-0.15, -0.1) is 0 Å². The van der Waals surface area contributed by atoms with Gasteiger partial charge < -0.3 is 15.8 Å². The van der Waals surface area contributed by atoms with Crippen LogP contribution in [0, 0.1) is 18.8 Å². The first-order chi connectivity index (χ1) is 9.51. The maximum atomic E-state index is 12.1. The maximum absolute atomic E-state index is 12.1. The van der Waals surface area contributed by atoms with Gasteiger partial charge in [-0.1, -0.05) is 17.9 Å². The molecule has 0 spiro atoms. The van der Waals surface area contributed by atoms with Gasteiger partial charge in [0.1, 0.15) is 6.04 Å². The average molecular weight is 274 g/mol.